The van der Waals surface area contributed by atoms with Crippen molar-refractivity contribution >= 4 is 17.5 Å². The molecule has 4 aliphatic rings. The Morgan fingerprint density at radius 3 is 2.58 bits per heavy atom. The molecule has 0 amide bonds. The third-order valence-corrected chi connectivity index (χ3v) is 9.04. The van der Waals surface area contributed by atoms with Crippen LogP contribution in [0, 0.1) is 28.6 Å². The van der Waals surface area contributed by atoms with Crippen molar-refractivity contribution in [2.75, 3.05) is 6.61 Å². The van der Waals surface area contributed by atoms with Crippen LogP contribution in [-0.4, -0.2) is 51.7 Å². The summed E-state index contributed by atoms with van der Waals surface area (Å²) in [5, 5.41) is 21.1. The van der Waals surface area contributed by atoms with Gasteiger partial charge in [-0.25, -0.2) is 4.39 Å². The monoisotopic (exact) mass is 434 g/mol. The first-order valence-corrected chi connectivity index (χ1v) is 11.0. The molecule has 170 valence electrons. The molecule has 4 aliphatic carbocycles. The molecule has 7 heteroatoms. The van der Waals surface area contributed by atoms with Crippen LogP contribution < -0.4 is 0 Å². The highest BCUT2D eigenvalue weighted by Crippen LogP contribution is 2.71. The lowest BCUT2D eigenvalue weighted by Crippen LogP contribution is -2.70. The van der Waals surface area contributed by atoms with Gasteiger partial charge >= 0.3 is 5.97 Å². The maximum absolute atomic E-state index is 17.1. The topological polar surface area (TPSA) is 101 Å². The molecule has 0 aliphatic heterocycles. The number of fused-ring (bicyclic) bond motifs is 5. The van der Waals surface area contributed by atoms with Gasteiger partial charge in [-0.05, 0) is 50.7 Å². The van der Waals surface area contributed by atoms with E-state index in [-0.39, 0.29) is 18.1 Å². The molecule has 0 saturated heterocycles. The Bertz CT molecular complexity index is 910. The number of carbonyl (C=O) groups excluding carboxylic acids is 3. The van der Waals surface area contributed by atoms with Gasteiger partial charge in [0.25, 0.3) is 0 Å². The van der Waals surface area contributed by atoms with Gasteiger partial charge in [0.05, 0.1) is 6.10 Å². The van der Waals surface area contributed by atoms with Gasteiger partial charge < -0.3 is 14.9 Å². The summed E-state index contributed by atoms with van der Waals surface area (Å²) in [5.41, 5.74) is -5.10. The van der Waals surface area contributed by atoms with Crippen LogP contribution in [0.15, 0.2) is 23.8 Å². The molecule has 0 radical (unpaired) electrons. The van der Waals surface area contributed by atoms with Crippen molar-refractivity contribution in [3.05, 3.63) is 23.8 Å². The fourth-order valence-corrected chi connectivity index (χ4v) is 7.74. The number of Topliss-reactive ketones (excluding diaryl/α,β-unsaturated/α-hetero) is 1. The predicted octanol–water partition coefficient (Wildman–Crippen LogP) is 2.47. The Balaban J connectivity index is 1.86. The van der Waals surface area contributed by atoms with E-state index < -0.39 is 58.4 Å². The Kier molecular flexibility index (Phi) is 4.91. The molecule has 6 nitrogen and oxygen atoms in total. The first kappa shape index (κ1) is 22.3. The summed E-state index contributed by atoms with van der Waals surface area (Å²) < 4.78 is 22.8. The number of alkyl halides is 1. The second-order valence-electron chi connectivity index (χ2n) is 10.3. The maximum atomic E-state index is 17.1. The van der Waals surface area contributed by atoms with Crippen molar-refractivity contribution in [3.63, 3.8) is 0 Å². The molecule has 2 N–H and O–H groups in total. The van der Waals surface area contributed by atoms with Crippen molar-refractivity contribution in [1.82, 2.24) is 0 Å². The van der Waals surface area contributed by atoms with Crippen molar-refractivity contribution in [1.29, 1.82) is 0 Å². The smallest absolute Gasteiger partial charge is 0.303 e. The number of aliphatic hydroxyl groups excluding tert-OH is 2. The zero-order chi connectivity index (χ0) is 23.0. The second-order valence-corrected chi connectivity index (χ2v) is 10.3. The van der Waals surface area contributed by atoms with Gasteiger partial charge in [-0.1, -0.05) is 25.5 Å². The third kappa shape index (κ3) is 2.53. The molecule has 0 aromatic heterocycles. The van der Waals surface area contributed by atoms with E-state index in [1.807, 2.05) is 0 Å². The van der Waals surface area contributed by atoms with Crippen LogP contribution in [-0.2, 0) is 19.1 Å². The summed E-state index contributed by atoms with van der Waals surface area (Å²) in [6, 6.07) is 0. The quantitative estimate of drug-likeness (QED) is 0.662. The standard InChI is InChI=1S/C24H31FO6/c1-13-9-18-17-6-5-15-10-16(28)7-8-21(15,3)23(17,25)19(29)11-22(18,4)24(13,20(30)12-26)31-14(2)27/h7-8,10,13,17-19,26,29H,5-6,9,11-12H2,1-4H3/t13?,17-,18-,19?,21-,22-,23-,24-/m0/s1. The van der Waals surface area contributed by atoms with E-state index >= 15 is 4.39 Å². The minimum atomic E-state index is -2.02. The molecule has 0 aromatic rings. The van der Waals surface area contributed by atoms with Gasteiger partial charge in [0.15, 0.2) is 17.1 Å². The predicted molar refractivity (Wildman–Crippen MR) is 109 cm³/mol. The van der Waals surface area contributed by atoms with E-state index in [0.29, 0.717) is 24.8 Å². The van der Waals surface area contributed by atoms with Gasteiger partial charge in [-0.15, -0.1) is 0 Å². The van der Waals surface area contributed by atoms with Crippen LogP contribution >= 0.6 is 0 Å². The van der Waals surface area contributed by atoms with Gasteiger partial charge in [0.1, 0.15) is 6.61 Å². The van der Waals surface area contributed by atoms with Crippen LogP contribution in [0.5, 0.6) is 0 Å². The third-order valence-electron chi connectivity index (χ3n) is 9.04. The summed E-state index contributed by atoms with van der Waals surface area (Å²) in [6.45, 7) is 5.74. The Hall–Kier alpha value is -1.86. The zero-order valence-corrected chi connectivity index (χ0v) is 18.5. The molecular formula is C24H31FO6. The summed E-state index contributed by atoms with van der Waals surface area (Å²) in [6.07, 6.45) is 4.29. The molecule has 8 atom stereocenters. The number of aliphatic hydroxyl groups is 2. The Labute approximate surface area is 181 Å². The van der Waals surface area contributed by atoms with E-state index in [4.69, 9.17) is 4.74 Å². The van der Waals surface area contributed by atoms with Crippen LogP contribution in [0.3, 0.4) is 0 Å². The van der Waals surface area contributed by atoms with Crippen LogP contribution in [0.4, 0.5) is 4.39 Å². The van der Waals surface area contributed by atoms with Gasteiger partial charge in [-0.3, -0.25) is 14.4 Å². The zero-order valence-electron chi connectivity index (χ0n) is 18.5. The molecule has 31 heavy (non-hydrogen) atoms. The molecule has 0 spiro atoms. The number of ketones is 2. The first-order chi connectivity index (χ1) is 14.4. The number of allylic oxidation sites excluding steroid dienone is 4. The van der Waals surface area contributed by atoms with Crippen molar-refractivity contribution in [2.24, 2.45) is 28.6 Å². The van der Waals surface area contributed by atoms with Crippen LogP contribution in [0.1, 0.15) is 53.4 Å². The highest BCUT2D eigenvalue weighted by Gasteiger charge is 2.77. The lowest BCUT2D eigenvalue weighted by atomic mass is 9.44. The summed E-state index contributed by atoms with van der Waals surface area (Å²) in [4.78, 5) is 37.0. The Morgan fingerprint density at radius 1 is 1.29 bits per heavy atom. The highest BCUT2D eigenvalue weighted by molar-refractivity contribution is 6.01. The average molecular weight is 435 g/mol. The number of ether oxygens (including phenoxy) is 1. The van der Waals surface area contributed by atoms with E-state index in [2.05, 4.69) is 0 Å². The number of hydrogen-bond acceptors (Lipinski definition) is 6. The molecule has 0 bridgehead atoms. The molecule has 0 heterocycles. The molecule has 2 unspecified atom stereocenters. The van der Waals surface area contributed by atoms with Crippen molar-refractivity contribution < 1.29 is 33.7 Å². The number of carbonyl (C=O) groups is 3. The molecule has 3 saturated carbocycles. The van der Waals surface area contributed by atoms with E-state index in [1.165, 1.54) is 19.1 Å². The first-order valence-electron chi connectivity index (χ1n) is 11.0. The van der Waals surface area contributed by atoms with Crippen molar-refractivity contribution in [3.8, 4) is 0 Å². The lowest BCUT2D eigenvalue weighted by molar-refractivity contribution is -0.227. The van der Waals surface area contributed by atoms with Crippen molar-refractivity contribution in [2.45, 2.75) is 70.8 Å². The minimum absolute atomic E-state index is 0.0846. The van der Waals surface area contributed by atoms with E-state index in [0.717, 1.165) is 0 Å². The summed E-state index contributed by atoms with van der Waals surface area (Å²) in [7, 11) is 0. The highest BCUT2D eigenvalue weighted by atomic mass is 19.1. The average Bonchev–Trinajstić information content (AvgIpc) is 2.90. The second kappa shape index (κ2) is 6.82. The maximum Gasteiger partial charge on any atom is 0.303 e. The molecule has 4 rings (SSSR count). The van der Waals surface area contributed by atoms with Gasteiger partial charge in [0.2, 0.25) is 5.78 Å². The van der Waals surface area contributed by atoms with Crippen LogP contribution in [0.2, 0.25) is 0 Å². The summed E-state index contributed by atoms with van der Waals surface area (Å²) in [5.74, 6) is -2.79. The minimum Gasteiger partial charge on any atom is -0.450 e. The number of esters is 1. The number of halogens is 1. The van der Waals surface area contributed by atoms with E-state index in [9.17, 15) is 24.6 Å². The molecular weight excluding hydrogens is 403 g/mol. The van der Waals surface area contributed by atoms with Gasteiger partial charge in [0, 0.05) is 29.6 Å². The summed E-state index contributed by atoms with van der Waals surface area (Å²) >= 11 is 0. The fraction of sp³-hybridized carbons (Fsp3) is 0.708. The van der Waals surface area contributed by atoms with Crippen LogP contribution in [0.25, 0.3) is 0 Å². The number of rotatable bonds is 3. The largest absolute Gasteiger partial charge is 0.450 e. The van der Waals surface area contributed by atoms with E-state index in [1.54, 1.807) is 26.8 Å². The SMILES string of the molecule is CC(=O)O[C@]1(C(=O)CO)C(C)C[C@H]2[C@@H]3CCC4=CC(=O)C=C[C@]4(C)[C@@]3(F)C(O)C[C@@]21C. The lowest BCUT2D eigenvalue weighted by Gasteiger charge is -2.62. The van der Waals surface area contributed by atoms with Gasteiger partial charge in [-0.2, -0.15) is 0 Å². The normalized spacial score (nSPS) is 48.4. The molecule has 0 aromatic carbocycles. The fourth-order valence-electron chi connectivity index (χ4n) is 7.74. The Morgan fingerprint density at radius 2 is 1.97 bits per heavy atom. The molecule has 3 fully saturated rings. The number of hydrogen-bond donors (Lipinski definition) is 2.